The zero-order valence-electron chi connectivity index (χ0n) is 13.8. The molecule has 0 aliphatic heterocycles. The third-order valence-electron chi connectivity index (χ3n) is 3.60. The van der Waals surface area contributed by atoms with Gasteiger partial charge in [-0.25, -0.2) is 4.39 Å². The van der Waals surface area contributed by atoms with Gasteiger partial charge < -0.3 is 15.8 Å². The zero-order chi connectivity index (χ0) is 18.1. The van der Waals surface area contributed by atoms with E-state index in [4.69, 9.17) is 10.5 Å². The van der Waals surface area contributed by atoms with Gasteiger partial charge in [-0.05, 0) is 24.1 Å². The van der Waals surface area contributed by atoms with Crippen LogP contribution in [0.1, 0.15) is 18.4 Å². The first kappa shape index (κ1) is 18.4. The number of hydrogen-bond donors (Lipinski definition) is 2. The minimum atomic E-state index is -0.762. The van der Waals surface area contributed by atoms with Crippen molar-refractivity contribution < 1.29 is 18.7 Å². The number of ether oxygens (including phenoxy) is 1. The average Bonchev–Trinajstić information content (AvgIpc) is 2.60. The Morgan fingerprint density at radius 3 is 2.44 bits per heavy atom. The molecule has 3 N–H and O–H groups in total. The van der Waals surface area contributed by atoms with E-state index < -0.39 is 17.8 Å². The van der Waals surface area contributed by atoms with E-state index in [1.54, 1.807) is 12.1 Å². The minimum absolute atomic E-state index is 0.155. The quantitative estimate of drug-likeness (QED) is 0.684. The molecule has 2 rings (SSSR count). The Balaban J connectivity index is 1.75. The SMILES string of the molecule is NC(=O)[C@@H](Cc1ccccc1)NC(=O)CCCOc1ccccc1F. The van der Waals surface area contributed by atoms with E-state index in [0.29, 0.717) is 12.8 Å². The van der Waals surface area contributed by atoms with Gasteiger partial charge in [-0.3, -0.25) is 9.59 Å². The van der Waals surface area contributed by atoms with Gasteiger partial charge in [0, 0.05) is 12.8 Å². The van der Waals surface area contributed by atoms with Gasteiger partial charge in [0.25, 0.3) is 0 Å². The molecule has 2 amide bonds. The number of nitrogens with two attached hydrogens (primary N) is 1. The summed E-state index contributed by atoms with van der Waals surface area (Å²) in [5.74, 6) is -1.16. The van der Waals surface area contributed by atoms with Gasteiger partial charge in [-0.2, -0.15) is 0 Å². The maximum Gasteiger partial charge on any atom is 0.240 e. The molecule has 0 heterocycles. The van der Waals surface area contributed by atoms with Crippen molar-refractivity contribution in [3.63, 3.8) is 0 Å². The molecule has 0 aliphatic carbocycles. The fraction of sp³-hybridized carbons (Fsp3) is 0.263. The van der Waals surface area contributed by atoms with Gasteiger partial charge in [0.1, 0.15) is 6.04 Å². The fourth-order valence-electron chi connectivity index (χ4n) is 2.32. The van der Waals surface area contributed by atoms with E-state index in [9.17, 15) is 14.0 Å². The number of carbonyl (C=O) groups is 2. The Kier molecular flexibility index (Phi) is 6.95. The Labute approximate surface area is 146 Å². The summed E-state index contributed by atoms with van der Waals surface area (Å²) in [4.78, 5) is 23.5. The highest BCUT2D eigenvalue weighted by molar-refractivity contribution is 5.86. The van der Waals surface area contributed by atoms with Crippen molar-refractivity contribution >= 4 is 11.8 Å². The Hall–Kier alpha value is -2.89. The number of para-hydroxylation sites is 1. The fourth-order valence-corrected chi connectivity index (χ4v) is 2.32. The van der Waals surface area contributed by atoms with E-state index in [0.717, 1.165) is 5.56 Å². The van der Waals surface area contributed by atoms with E-state index in [1.807, 2.05) is 30.3 Å². The summed E-state index contributed by atoms with van der Waals surface area (Å²) in [5, 5.41) is 2.63. The lowest BCUT2D eigenvalue weighted by molar-refractivity contribution is -0.127. The highest BCUT2D eigenvalue weighted by Gasteiger charge is 2.18. The molecule has 0 aliphatic rings. The van der Waals surface area contributed by atoms with Crippen LogP contribution in [0.25, 0.3) is 0 Å². The molecule has 2 aromatic carbocycles. The van der Waals surface area contributed by atoms with Crippen molar-refractivity contribution in [2.24, 2.45) is 5.73 Å². The van der Waals surface area contributed by atoms with Crippen molar-refractivity contribution in [1.29, 1.82) is 0 Å². The summed E-state index contributed by atoms with van der Waals surface area (Å²) in [5.41, 5.74) is 6.27. The zero-order valence-corrected chi connectivity index (χ0v) is 13.8. The minimum Gasteiger partial charge on any atom is -0.491 e. The largest absolute Gasteiger partial charge is 0.491 e. The van der Waals surface area contributed by atoms with Crippen LogP contribution in [0.4, 0.5) is 4.39 Å². The van der Waals surface area contributed by atoms with E-state index in [1.165, 1.54) is 12.1 Å². The molecule has 1 atom stereocenters. The third-order valence-corrected chi connectivity index (χ3v) is 3.60. The smallest absolute Gasteiger partial charge is 0.240 e. The van der Waals surface area contributed by atoms with Crippen LogP contribution in [0.15, 0.2) is 54.6 Å². The molecule has 6 heteroatoms. The predicted octanol–water partition coefficient (Wildman–Crippen LogP) is 2.20. The molecular weight excluding hydrogens is 323 g/mol. The van der Waals surface area contributed by atoms with Gasteiger partial charge in [-0.15, -0.1) is 0 Å². The molecule has 0 saturated heterocycles. The van der Waals surface area contributed by atoms with Crippen molar-refractivity contribution in [3.8, 4) is 5.75 Å². The lowest BCUT2D eigenvalue weighted by Gasteiger charge is -2.15. The van der Waals surface area contributed by atoms with Crippen LogP contribution in [-0.4, -0.2) is 24.5 Å². The molecule has 0 spiro atoms. The number of carbonyl (C=O) groups excluding carboxylic acids is 2. The Bertz CT molecular complexity index is 707. The average molecular weight is 344 g/mol. The summed E-state index contributed by atoms with van der Waals surface area (Å²) in [6.07, 6.45) is 0.900. The van der Waals surface area contributed by atoms with Gasteiger partial charge in [0.05, 0.1) is 6.61 Å². The predicted molar refractivity (Wildman–Crippen MR) is 92.4 cm³/mol. The molecule has 0 bridgehead atoms. The maximum atomic E-state index is 13.4. The van der Waals surface area contributed by atoms with Crippen LogP contribution in [0.2, 0.25) is 0 Å². The number of amides is 2. The lowest BCUT2D eigenvalue weighted by atomic mass is 10.1. The van der Waals surface area contributed by atoms with Gasteiger partial charge in [-0.1, -0.05) is 42.5 Å². The molecule has 0 unspecified atom stereocenters. The number of hydrogen-bond acceptors (Lipinski definition) is 3. The molecule has 0 aromatic heterocycles. The van der Waals surface area contributed by atoms with Crippen LogP contribution in [0.5, 0.6) is 5.75 Å². The molecular formula is C19H21FN2O3. The first-order valence-corrected chi connectivity index (χ1v) is 8.06. The van der Waals surface area contributed by atoms with Crippen LogP contribution in [-0.2, 0) is 16.0 Å². The van der Waals surface area contributed by atoms with Crippen molar-refractivity contribution in [1.82, 2.24) is 5.32 Å². The summed E-state index contributed by atoms with van der Waals surface area (Å²) >= 11 is 0. The Morgan fingerprint density at radius 1 is 1.08 bits per heavy atom. The highest BCUT2D eigenvalue weighted by atomic mass is 19.1. The summed E-state index contributed by atoms with van der Waals surface area (Å²) in [6, 6.07) is 14.6. The molecule has 132 valence electrons. The van der Waals surface area contributed by atoms with Crippen molar-refractivity contribution in [2.75, 3.05) is 6.61 Å². The summed E-state index contributed by atoms with van der Waals surface area (Å²) in [6.45, 7) is 0.203. The van der Waals surface area contributed by atoms with Crippen LogP contribution < -0.4 is 15.8 Å². The van der Waals surface area contributed by atoms with Crippen LogP contribution in [0.3, 0.4) is 0 Å². The van der Waals surface area contributed by atoms with Crippen molar-refractivity contribution in [2.45, 2.75) is 25.3 Å². The molecule has 2 aromatic rings. The number of benzene rings is 2. The van der Waals surface area contributed by atoms with Crippen LogP contribution in [0, 0.1) is 5.82 Å². The van der Waals surface area contributed by atoms with Gasteiger partial charge in [0.2, 0.25) is 11.8 Å². The monoisotopic (exact) mass is 344 g/mol. The van der Waals surface area contributed by atoms with Crippen molar-refractivity contribution in [3.05, 3.63) is 66.0 Å². The lowest BCUT2D eigenvalue weighted by Crippen LogP contribution is -2.45. The standard InChI is InChI=1S/C19H21FN2O3/c20-15-9-4-5-10-17(15)25-12-6-11-18(23)22-16(19(21)24)13-14-7-2-1-3-8-14/h1-5,7-10,16H,6,11-13H2,(H2,21,24)(H,22,23)/t16-/m1/s1. The number of nitrogens with one attached hydrogen (secondary N) is 1. The highest BCUT2D eigenvalue weighted by Crippen LogP contribution is 2.15. The molecule has 0 radical (unpaired) electrons. The normalized spacial score (nSPS) is 11.6. The van der Waals surface area contributed by atoms with E-state index in [-0.39, 0.29) is 24.7 Å². The number of rotatable bonds is 9. The molecule has 5 nitrogen and oxygen atoms in total. The number of primary amides is 1. The van der Waals surface area contributed by atoms with Gasteiger partial charge in [0.15, 0.2) is 11.6 Å². The second kappa shape index (κ2) is 9.42. The molecule has 25 heavy (non-hydrogen) atoms. The van der Waals surface area contributed by atoms with E-state index in [2.05, 4.69) is 5.32 Å². The molecule has 0 saturated carbocycles. The molecule has 0 fully saturated rings. The summed E-state index contributed by atoms with van der Waals surface area (Å²) < 4.78 is 18.7. The number of halogens is 1. The maximum absolute atomic E-state index is 13.4. The second-order valence-electron chi connectivity index (χ2n) is 5.59. The van der Waals surface area contributed by atoms with Crippen LogP contribution >= 0.6 is 0 Å². The third kappa shape index (κ3) is 6.25. The van der Waals surface area contributed by atoms with Gasteiger partial charge >= 0.3 is 0 Å². The second-order valence-corrected chi connectivity index (χ2v) is 5.59. The Morgan fingerprint density at radius 2 is 1.76 bits per heavy atom. The topological polar surface area (TPSA) is 81.4 Å². The van der Waals surface area contributed by atoms with E-state index >= 15 is 0 Å². The summed E-state index contributed by atoms with van der Waals surface area (Å²) in [7, 11) is 0. The first-order chi connectivity index (χ1) is 12.1. The first-order valence-electron chi connectivity index (χ1n) is 8.06.